The van der Waals surface area contributed by atoms with Gasteiger partial charge < -0.3 is 14.8 Å². The quantitative estimate of drug-likeness (QED) is 0.444. The number of carbonyl (C=O) groups is 2. The minimum atomic E-state index is -0.317. The molecular formula is C11H22N2O4. The average molecular weight is 246 g/mol. The zero-order chi connectivity index (χ0) is 13.1. The van der Waals surface area contributed by atoms with Crippen molar-refractivity contribution >= 4 is 11.9 Å². The van der Waals surface area contributed by atoms with Crippen molar-refractivity contribution in [1.29, 1.82) is 0 Å². The number of amides is 1. The molecule has 1 amide bonds. The van der Waals surface area contributed by atoms with Gasteiger partial charge in [0.05, 0.1) is 19.7 Å². The van der Waals surface area contributed by atoms with E-state index in [9.17, 15) is 9.59 Å². The molecule has 0 radical (unpaired) electrons. The SMILES string of the molecule is CCOC(=O)CN(C)CC(=O)NCCCOC. The monoisotopic (exact) mass is 246 g/mol. The summed E-state index contributed by atoms with van der Waals surface area (Å²) < 4.78 is 9.64. The lowest BCUT2D eigenvalue weighted by Crippen LogP contribution is -2.38. The van der Waals surface area contributed by atoms with Crippen molar-refractivity contribution in [2.75, 3.05) is 47.0 Å². The fourth-order valence-corrected chi connectivity index (χ4v) is 1.23. The van der Waals surface area contributed by atoms with Crippen LogP contribution in [-0.2, 0) is 19.1 Å². The lowest BCUT2D eigenvalue weighted by Gasteiger charge is -2.15. The minimum Gasteiger partial charge on any atom is -0.465 e. The molecule has 0 aliphatic rings. The molecule has 1 N–H and O–H groups in total. The maximum atomic E-state index is 11.4. The number of carbonyl (C=O) groups excluding carboxylic acids is 2. The summed E-state index contributed by atoms with van der Waals surface area (Å²) in [6.45, 7) is 3.63. The smallest absolute Gasteiger partial charge is 0.320 e. The number of nitrogens with zero attached hydrogens (tertiary/aromatic N) is 1. The second kappa shape index (κ2) is 10.0. The van der Waals surface area contributed by atoms with E-state index < -0.39 is 0 Å². The third-order valence-corrected chi connectivity index (χ3v) is 1.97. The summed E-state index contributed by atoms with van der Waals surface area (Å²) >= 11 is 0. The highest BCUT2D eigenvalue weighted by Crippen LogP contribution is 1.86. The molecule has 100 valence electrons. The Morgan fingerprint density at radius 2 is 2.00 bits per heavy atom. The van der Waals surface area contributed by atoms with E-state index in [1.165, 1.54) is 0 Å². The second-order valence-corrected chi connectivity index (χ2v) is 3.67. The second-order valence-electron chi connectivity index (χ2n) is 3.67. The van der Waals surface area contributed by atoms with E-state index in [-0.39, 0.29) is 25.0 Å². The Morgan fingerprint density at radius 3 is 2.59 bits per heavy atom. The predicted octanol–water partition coefficient (Wildman–Crippen LogP) is -0.366. The number of hydrogen-bond donors (Lipinski definition) is 1. The fraction of sp³-hybridized carbons (Fsp3) is 0.818. The first-order valence-electron chi connectivity index (χ1n) is 5.70. The molecule has 0 atom stereocenters. The molecule has 0 saturated heterocycles. The molecule has 0 aromatic heterocycles. The number of nitrogens with one attached hydrogen (secondary N) is 1. The summed E-state index contributed by atoms with van der Waals surface area (Å²) in [5, 5.41) is 2.74. The zero-order valence-electron chi connectivity index (χ0n) is 10.8. The standard InChI is InChI=1S/C11H22N2O4/c1-4-17-11(15)9-13(2)8-10(14)12-6-5-7-16-3/h4-9H2,1-3H3,(H,12,14). The van der Waals surface area contributed by atoms with E-state index in [0.29, 0.717) is 19.8 Å². The topological polar surface area (TPSA) is 67.9 Å². The van der Waals surface area contributed by atoms with Gasteiger partial charge in [0.15, 0.2) is 0 Å². The van der Waals surface area contributed by atoms with Gasteiger partial charge in [0.25, 0.3) is 0 Å². The maximum Gasteiger partial charge on any atom is 0.320 e. The van der Waals surface area contributed by atoms with Crippen LogP contribution in [0.25, 0.3) is 0 Å². The number of hydrogen-bond acceptors (Lipinski definition) is 5. The van der Waals surface area contributed by atoms with Crippen LogP contribution in [0.3, 0.4) is 0 Å². The molecule has 0 aromatic rings. The van der Waals surface area contributed by atoms with E-state index in [1.807, 2.05) is 0 Å². The fourth-order valence-electron chi connectivity index (χ4n) is 1.23. The van der Waals surface area contributed by atoms with Gasteiger partial charge >= 0.3 is 5.97 Å². The molecule has 0 spiro atoms. The summed E-state index contributed by atoms with van der Waals surface area (Å²) in [6, 6.07) is 0. The van der Waals surface area contributed by atoms with E-state index >= 15 is 0 Å². The van der Waals surface area contributed by atoms with Gasteiger partial charge in [0.1, 0.15) is 0 Å². The molecule has 0 aliphatic carbocycles. The third kappa shape index (κ3) is 9.77. The first-order chi connectivity index (χ1) is 8.10. The Labute approximate surface area is 102 Å². The largest absolute Gasteiger partial charge is 0.465 e. The molecule has 0 aromatic carbocycles. The highest BCUT2D eigenvalue weighted by atomic mass is 16.5. The summed E-state index contributed by atoms with van der Waals surface area (Å²) in [7, 11) is 3.32. The van der Waals surface area contributed by atoms with Crippen LogP contribution >= 0.6 is 0 Å². The van der Waals surface area contributed by atoms with Crippen molar-refractivity contribution in [1.82, 2.24) is 10.2 Å². The number of ether oxygens (including phenoxy) is 2. The zero-order valence-corrected chi connectivity index (χ0v) is 10.8. The van der Waals surface area contributed by atoms with Gasteiger partial charge in [-0.05, 0) is 20.4 Å². The maximum absolute atomic E-state index is 11.4. The molecule has 6 nitrogen and oxygen atoms in total. The molecule has 6 heteroatoms. The van der Waals surface area contributed by atoms with E-state index in [0.717, 1.165) is 6.42 Å². The number of rotatable bonds is 9. The summed E-state index contributed by atoms with van der Waals surface area (Å²) in [6.07, 6.45) is 0.782. The van der Waals surface area contributed by atoms with Crippen LogP contribution in [0, 0.1) is 0 Å². The Bertz CT molecular complexity index is 234. The predicted molar refractivity (Wildman–Crippen MR) is 63.6 cm³/mol. The van der Waals surface area contributed by atoms with Crippen molar-refractivity contribution in [2.45, 2.75) is 13.3 Å². The molecular weight excluding hydrogens is 224 g/mol. The van der Waals surface area contributed by atoms with Crippen LogP contribution in [0.4, 0.5) is 0 Å². The van der Waals surface area contributed by atoms with Gasteiger partial charge in [0.2, 0.25) is 5.91 Å². The van der Waals surface area contributed by atoms with Crippen LogP contribution in [0.15, 0.2) is 0 Å². The van der Waals surface area contributed by atoms with Crippen LogP contribution in [0.2, 0.25) is 0 Å². The lowest BCUT2D eigenvalue weighted by molar-refractivity contribution is -0.144. The summed E-state index contributed by atoms with van der Waals surface area (Å²) in [5.74, 6) is -0.421. The highest BCUT2D eigenvalue weighted by molar-refractivity contribution is 5.79. The van der Waals surface area contributed by atoms with Gasteiger partial charge in [-0.25, -0.2) is 0 Å². The first-order valence-corrected chi connectivity index (χ1v) is 5.70. The van der Waals surface area contributed by atoms with Gasteiger partial charge in [0, 0.05) is 20.3 Å². The van der Waals surface area contributed by atoms with Gasteiger partial charge in [-0.3, -0.25) is 14.5 Å². The number of methoxy groups -OCH3 is 1. The first kappa shape index (κ1) is 15.9. The third-order valence-electron chi connectivity index (χ3n) is 1.97. The van der Waals surface area contributed by atoms with Crippen LogP contribution < -0.4 is 5.32 Å². The molecule has 17 heavy (non-hydrogen) atoms. The minimum absolute atomic E-state index is 0.104. The Balaban J connectivity index is 3.61. The van der Waals surface area contributed by atoms with Crippen molar-refractivity contribution < 1.29 is 19.1 Å². The normalized spacial score (nSPS) is 10.4. The van der Waals surface area contributed by atoms with Gasteiger partial charge in [-0.1, -0.05) is 0 Å². The molecule has 0 heterocycles. The molecule has 0 fully saturated rings. The lowest BCUT2D eigenvalue weighted by atomic mass is 10.4. The van der Waals surface area contributed by atoms with Crippen LogP contribution in [0.5, 0.6) is 0 Å². The molecule has 0 bridgehead atoms. The van der Waals surface area contributed by atoms with E-state index in [1.54, 1.807) is 26.0 Å². The van der Waals surface area contributed by atoms with Crippen molar-refractivity contribution in [3.8, 4) is 0 Å². The molecule has 0 unspecified atom stereocenters. The van der Waals surface area contributed by atoms with Crippen molar-refractivity contribution in [3.63, 3.8) is 0 Å². The van der Waals surface area contributed by atoms with E-state index in [2.05, 4.69) is 5.32 Å². The highest BCUT2D eigenvalue weighted by Gasteiger charge is 2.10. The van der Waals surface area contributed by atoms with Gasteiger partial charge in [-0.2, -0.15) is 0 Å². The Hall–Kier alpha value is -1.14. The van der Waals surface area contributed by atoms with Crippen LogP contribution in [0.1, 0.15) is 13.3 Å². The Morgan fingerprint density at radius 1 is 1.29 bits per heavy atom. The summed E-state index contributed by atoms with van der Waals surface area (Å²) in [4.78, 5) is 24.1. The van der Waals surface area contributed by atoms with Crippen molar-refractivity contribution in [3.05, 3.63) is 0 Å². The van der Waals surface area contributed by atoms with E-state index in [4.69, 9.17) is 9.47 Å². The molecule has 0 rings (SSSR count). The average Bonchev–Trinajstić information content (AvgIpc) is 2.24. The Kier molecular flexibility index (Phi) is 9.37. The number of esters is 1. The molecule has 0 saturated carbocycles. The van der Waals surface area contributed by atoms with Gasteiger partial charge in [-0.15, -0.1) is 0 Å². The number of likely N-dealkylation sites (N-methyl/N-ethyl adjacent to an activating group) is 1. The molecule has 0 aliphatic heterocycles. The van der Waals surface area contributed by atoms with Crippen molar-refractivity contribution in [2.24, 2.45) is 0 Å². The van der Waals surface area contributed by atoms with Crippen LogP contribution in [-0.4, -0.2) is 63.8 Å². The summed E-state index contributed by atoms with van der Waals surface area (Å²) in [5.41, 5.74) is 0.